The molecule has 5 nitrogen and oxygen atoms in total. The molecular weight excluding hydrogens is 373 g/mol. The van der Waals surface area contributed by atoms with Gasteiger partial charge in [-0.05, 0) is 19.1 Å². The summed E-state index contributed by atoms with van der Waals surface area (Å²) in [5, 5.41) is 3.60. The number of hydrogen-bond acceptors (Lipinski definition) is 2. The van der Waals surface area contributed by atoms with Gasteiger partial charge in [0.25, 0.3) is 5.91 Å². The summed E-state index contributed by atoms with van der Waals surface area (Å²) in [4.78, 5) is 27.7. The minimum absolute atomic E-state index is 0.264. The van der Waals surface area contributed by atoms with Crippen molar-refractivity contribution in [2.75, 3.05) is 13.7 Å². The third-order valence-corrected chi connectivity index (χ3v) is 5.07. The van der Waals surface area contributed by atoms with Gasteiger partial charge in [-0.1, -0.05) is 59.6 Å². The van der Waals surface area contributed by atoms with E-state index in [-0.39, 0.29) is 12.6 Å². The lowest BCUT2D eigenvalue weighted by Gasteiger charge is -2.24. The Balaban J connectivity index is 1.78. The monoisotopic (exact) mass is 392 g/mol. The van der Waals surface area contributed by atoms with Crippen molar-refractivity contribution in [2.45, 2.75) is 19.0 Å². The van der Waals surface area contributed by atoms with Crippen LogP contribution in [0.2, 0.25) is 10.0 Å². The van der Waals surface area contributed by atoms with Crippen LogP contribution in [0.3, 0.4) is 0 Å². The molecule has 1 heterocycles. The standard InChI is InChI=1S/C19H19Cl2N3O2/c1-19(15-9-8-14(20)10-16(15)21)17(25)24(18(26)22-19)12-23(2)11-13-6-4-3-5-7-13/h3-10H,11-12H2,1-2H3,(H,22,26)/p+1/t19-/m0/s1. The van der Waals surface area contributed by atoms with Crippen molar-refractivity contribution in [3.05, 3.63) is 69.7 Å². The Hall–Kier alpha value is -2.08. The first-order valence-corrected chi connectivity index (χ1v) is 9.01. The molecule has 1 aliphatic rings. The first-order chi connectivity index (χ1) is 12.3. The average molecular weight is 393 g/mol. The summed E-state index contributed by atoms with van der Waals surface area (Å²) in [6.45, 7) is 2.63. The van der Waals surface area contributed by atoms with Crippen LogP contribution < -0.4 is 10.2 Å². The van der Waals surface area contributed by atoms with E-state index < -0.39 is 11.6 Å². The van der Waals surface area contributed by atoms with Gasteiger partial charge in [0.1, 0.15) is 12.1 Å². The predicted molar refractivity (Wildman–Crippen MR) is 101 cm³/mol. The number of carbonyl (C=O) groups excluding carboxylic acids is 2. The maximum Gasteiger partial charge on any atom is 0.329 e. The maximum atomic E-state index is 13.0. The zero-order chi connectivity index (χ0) is 18.9. The van der Waals surface area contributed by atoms with Crippen LogP contribution in [0.1, 0.15) is 18.1 Å². The molecular formula is C19H20Cl2N3O2+. The van der Waals surface area contributed by atoms with E-state index in [4.69, 9.17) is 23.2 Å². The van der Waals surface area contributed by atoms with Crippen molar-refractivity contribution < 1.29 is 14.5 Å². The zero-order valence-corrected chi connectivity index (χ0v) is 16.1. The van der Waals surface area contributed by atoms with Gasteiger partial charge < -0.3 is 10.2 Å². The molecule has 2 aromatic carbocycles. The second-order valence-corrected chi connectivity index (χ2v) is 7.53. The Morgan fingerprint density at radius 1 is 1.12 bits per heavy atom. The Morgan fingerprint density at radius 2 is 1.81 bits per heavy atom. The number of carbonyl (C=O) groups is 2. The fraction of sp³-hybridized carbons (Fsp3) is 0.263. The molecule has 2 aromatic rings. The minimum Gasteiger partial charge on any atom is -0.319 e. The molecule has 7 heteroatoms. The highest BCUT2D eigenvalue weighted by Gasteiger charge is 2.50. The van der Waals surface area contributed by atoms with Crippen molar-refractivity contribution in [3.63, 3.8) is 0 Å². The third-order valence-electron chi connectivity index (χ3n) is 4.52. The summed E-state index contributed by atoms with van der Waals surface area (Å²) >= 11 is 12.2. The van der Waals surface area contributed by atoms with Crippen LogP contribution >= 0.6 is 23.2 Å². The fourth-order valence-electron chi connectivity index (χ4n) is 3.19. The Kier molecular flexibility index (Phi) is 5.23. The van der Waals surface area contributed by atoms with E-state index in [0.717, 1.165) is 10.5 Å². The second-order valence-electron chi connectivity index (χ2n) is 6.69. The molecule has 3 rings (SSSR count). The number of halogens is 2. The molecule has 2 N–H and O–H groups in total. The fourth-order valence-corrected chi connectivity index (χ4v) is 3.79. The maximum absolute atomic E-state index is 13.0. The Bertz CT molecular complexity index is 844. The second kappa shape index (κ2) is 7.27. The van der Waals surface area contributed by atoms with Crippen molar-refractivity contribution in [3.8, 4) is 0 Å². The Labute approximate surface area is 162 Å². The molecule has 1 fully saturated rings. The highest BCUT2D eigenvalue weighted by molar-refractivity contribution is 6.35. The number of urea groups is 1. The quantitative estimate of drug-likeness (QED) is 0.767. The lowest BCUT2D eigenvalue weighted by atomic mass is 9.92. The molecule has 0 bridgehead atoms. The van der Waals surface area contributed by atoms with Crippen LogP contribution in [-0.2, 0) is 16.9 Å². The van der Waals surface area contributed by atoms with Gasteiger partial charge >= 0.3 is 6.03 Å². The summed E-state index contributed by atoms with van der Waals surface area (Å²) < 4.78 is 0. The summed E-state index contributed by atoms with van der Waals surface area (Å²) in [5.41, 5.74) is 0.469. The van der Waals surface area contributed by atoms with Crippen LogP contribution in [0.4, 0.5) is 4.79 Å². The normalized spacial score (nSPS) is 21.0. The van der Waals surface area contributed by atoms with Gasteiger partial charge in [-0.2, -0.15) is 0 Å². The molecule has 0 spiro atoms. The first-order valence-electron chi connectivity index (χ1n) is 8.26. The minimum atomic E-state index is -1.20. The molecule has 136 valence electrons. The number of nitrogens with zero attached hydrogens (tertiary/aromatic N) is 1. The van der Waals surface area contributed by atoms with Crippen LogP contribution in [0.25, 0.3) is 0 Å². The smallest absolute Gasteiger partial charge is 0.319 e. The predicted octanol–water partition coefficient (Wildman–Crippen LogP) is 2.43. The van der Waals surface area contributed by atoms with Crippen LogP contribution in [0.5, 0.6) is 0 Å². The van der Waals surface area contributed by atoms with E-state index in [1.54, 1.807) is 25.1 Å². The van der Waals surface area contributed by atoms with Gasteiger partial charge in [0, 0.05) is 21.2 Å². The molecule has 2 atom stereocenters. The molecule has 26 heavy (non-hydrogen) atoms. The van der Waals surface area contributed by atoms with Crippen molar-refractivity contribution in [2.24, 2.45) is 0 Å². The van der Waals surface area contributed by atoms with Crippen molar-refractivity contribution in [1.82, 2.24) is 10.2 Å². The van der Waals surface area contributed by atoms with E-state index in [2.05, 4.69) is 5.32 Å². The number of rotatable bonds is 5. The van der Waals surface area contributed by atoms with E-state index in [1.165, 1.54) is 4.90 Å². The SMILES string of the molecule is C[NH+](Cc1ccccc1)CN1C(=O)N[C@@](C)(c2ccc(Cl)cc2Cl)C1=O. The zero-order valence-electron chi connectivity index (χ0n) is 14.6. The molecule has 0 saturated carbocycles. The van der Waals surface area contributed by atoms with Gasteiger partial charge in [0.15, 0.2) is 6.67 Å². The number of imide groups is 1. The molecule has 0 radical (unpaired) electrons. The van der Waals surface area contributed by atoms with Gasteiger partial charge in [-0.3, -0.25) is 4.79 Å². The number of nitrogens with one attached hydrogen (secondary N) is 2. The molecule has 1 aliphatic heterocycles. The van der Waals surface area contributed by atoms with Gasteiger partial charge in [-0.25, -0.2) is 9.69 Å². The number of benzene rings is 2. The lowest BCUT2D eigenvalue weighted by Crippen LogP contribution is -3.09. The summed E-state index contributed by atoms with van der Waals surface area (Å²) in [5.74, 6) is -0.320. The van der Waals surface area contributed by atoms with E-state index in [9.17, 15) is 9.59 Å². The molecule has 0 aromatic heterocycles. The summed E-state index contributed by atoms with van der Waals surface area (Å²) in [6, 6.07) is 14.4. The third kappa shape index (κ3) is 3.56. The molecule has 1 saturated heterocycles. The van der Waals surface area contributed by atoms with Crippen molar-refractivity contribution in [1.29, 1.82) is 0 Å². The van der Waals surface area contributed by atoms with Gasteiger partial charge in [-0.15, -0.1) is 0 Å². The van der Waals surface area contributed by atoms with Crippen LogP contribution in [0, 0.1) is 0 Å². The van der Waals surface area contributed by atoms with E-state index in [0.29, 0.717) is 22.2 Å². The number of hydrogen-bond donors (Lipinski definition) is 2. The summed E-state index contributed by atoms with van der Waals surface area (Å²) in [7, 11) is 1.94. The number of amides is 3. The van der Waals surface area contributed by atoms with E-state index >= 15 is 0 Å². The van der Waals surface area contributed by atoms with Gasteiger partial charge in [0.05, 0.1) is 7.05 Å². The highest BCUT2D eigenvalue weighted by atomic mass is 35.5. The first kappa shape index (κ1) is 18.7. The lowest BCUT2D eigenvalue weighted by molar-refractivity contribution is -0.901. The molecule has 1 unspecified atom stereocenters. The van der Waals surface area contributed by atoms with E-state index in [1.807, 2.05) is 37.4 Å². The average Bonchev–Trinajstić information content (AvgIpc) is 2.79. The van der Waals surface area contributed by atoms with Crippen LogP contribution in [0.15, 0.2) is 48.5 Å². The van der Waals surface area contributed by atoms with Crippen molar-refractivity contribution >= 4 is 35.1 Å². The molecule has 3 amide bonds. The largest absolute Gasteiger partial charge is 0.329 e. The number of quaternary nitrogens is 1. The Morgan fingerprint density at radius 3 is 2.46 bits per heavy atom. The molecule has 0 aliphatic carbocycles. The van der Waals surface area contributed by atoms with Crippen LogP contribution in [-0.4, -0.2) is 30.6 Å². The highest BCUT2D eigenvalue weighted by Crippen LogP contribution is 2.34. The summed E-state index contributed by atoms with van der Waals surface area (Å²) in [6.07, 6.45) is 0. The van der Waals surface area contributed by atoms with Gasteiger partial charge in [0.2, 0.25) is 0 Å². The topological polar surface area (TPSA) is 53.9 Å².